The normalized spacial score (nSPS) is 32.6. The van der Waals surface area contributed by atoms with E-state index < -0.39 is 9.84 Å². The molecule has 0 bridgehead atoms. The van der Waals surface area contributed by atoms with Crippen LogP contribution in [0.5, 0.6) is 0 Å². The van der Waals surface area contributed by atoms with Gasteiger partial charge in [0.2, 0.25) is 0 Å². The fraction of sp³-hybridized carbons (Fsp3) is 1.00. The molecule has 0 aromatic rings. The number of hydrogen-bond acceptors (Lipinski definition) is 5. The third-order valence-corrected chi connectivity index (χ3v) is 5.80. The van der Waals surface area contributed by atoms with Gasteiger partial charge in [0, 0.05) is 45.4 Å². The fourth-order valence-corrected chi connectivity index (χ4v) is 5.22. The monoisotopic (exact) mass is 276 g/mol. The van der Waals surface area contributed by atoms with Gasteiger partial charge >= 0.3 is 0 Å². The zero-order chi connectivity index (χ0) is 13.2. The molecule has 2 rings (SSSR count). The Balaban J connectivity index is 2.02. The highest BCUT2D eigenvalue weighted by Gasteiger charge is 2.45. The molecule has 6 heteroatoms. The van der Waals surface area contributed by atoms with E-state index in [1.807, 2.05) is 0 Å². The van der Waals surface area contributed by atoms with E-state index in [-0.39, 0.29) is 12.1 Å². The third kappa shape index (κ3) is 3.04. The average molecular weight is 276 g/mol. The van der Waals surface area contributed by atoms with E-state index in [0.717, 1.165) is 39.2 Å². The van der Waals surface area contributed by atoms with Gasteiger partial charge in [0.05, 0.1) is 11.5 Å². The van der Waals surface area contributed by atoms with Crippen molar-refractivity contribution in [2.24, 2.45) is 0 Å². The second-order valence-electron chi connectivity index (χ2n) is 5.22. The quantitative estimate of drug-likeness (QED) is 0.652. The van der Waals surface area contributed by atoms with Crippen LogP contribution in [0.2, 0.25) is 0 Å². The summed E-state index contributed by atoms with van der Waals surface area (Å²) >= 11 is 0. The summed E-state index contributed by atoms with van der Waals surface area (Å²) in [5, 5.41) is 0. The Morgan fingerprint density at radius 1 is 1.17 bits per heavy atom. The number of sulfone groups is 1. The first kappa shape index (κ1) is 14.2. The molecule has 2 fully saturated rings. The Labute approximate surface area is 110 Å². The molecule has 18 heavy (non-hydrogen) atoms. The van der Waals surface area contributed by atoms with E-state index in [2.05, 4.69) is 16.7 Å². The van der Waals surface area contributed by atoms with E-state index in [0.29, 0.717) is 11.5 Å². The number of methoxy groups -OCH3 is 1. The van der Waals surface area contributed by atoms with Gasteiger partial charge < -0.3 is 4.74 Å². The van der Waals surface area contributed by atoms with Crippen molar-refractivity contribution in [3.8, 4) is 0 Å². The summed E-state index contributed by atoms with van der Waals surface area (Å²) in [6.45, 7) is 6.72. The highest BCUT2D eigenvalue weighted by Crippen LogP contribution is 2.26. The van der Waals surface area contributed by atoms with Gasteiger partial charge in [-0.3, -0.25) is 9.80 Å². The molecule has 0 amide bonds. The lowest BCUT2D eigenvalue weighted by Gasteiger charge is -2.43. The smallest absolute Gasteiger partial charge is 0.153 e. The zero-order valence-electron chi connectivity index (χ0n) is 11.3. The van der Waals surface area contributed by atoms with Crippen LogP contribution in [0, 0.1) is 0 Å². The van der Waals surface area contributed by atoms with Crippen LogP contribution in [0.1, 0.15) is 13.3 Å². The van der Waals surface area contributed by atoms with Gasteiger partial charge in [0.15, 0.2) is 9.84 Å². The predicted octanol–water partition coefficient (Wildman–Crippen LogP) is -0.174. The highest BCUT2D eigenvalue weighted by molar-refractivity contribution is 7.91. The summed E-state index contributed by atoms with van der Waals surface area (Å²) < 4.78 is 28.8. The van der Waals surface area contributed by atoms with Gasteiger partial charge in [-0.15, -0.1) is 0 Å². The molecule has 0 aromatic heterocycles. The number of fused-ring (bicyclic) bond motifs is 1. The third-order valence-electron chi connectivity index (χ3n) is 4.11. The maximum atomic E-state index is 11.9. The van der Waals surface area contributed by atoms with E-state index in [9.17, 15) is 8.42 Å². The first-order valence-electron chi connectivity index (χ1n) is 6.75. The topological polar surface area (TPSA) is 49.9 Å². The van der Waals surface area contributed by atoms with E-state index in [1.165, 1.54) is 0 Å². The molecule has 2 aliphatic heterocycles. The van der Waals surface area contributed by atoms with Crippen molar-refractivity contribution in [2.75, 3.05) is 51.4 Å². The molecule has 0 spiro atoms. The molecular formula is C12H24N2O3S. The molecule has 0 radical (unpaired) electrons. The van der Waals surface area contributed by atoms with Gasteiger partial charge in [-0.1, -0.05) is 6.92 Å². The number of rotatable bonds is 5. The second-order valence-corrected chi connectivity index (χ2v) is 7.38. The van der Waals surface area contributed by atoms with Crippen LogP contribution >= 0.6 is 0 Å². The van der Waals surface area contributed by atoms with Crippen LogP contribution in [0.3, 0.4) is 0 Å². The maximum Gasteiger partial charge on any atom is 0.153 e. The van der Waals surface area contributed by atoms with Gasteiger partial charge in [0.1, 0.15) is 0 Å². The van der Waals surface area contributed by atoms with Crippen LogP contribution in [-0.2, 0) is 14.6 Å². The number of hydrogen-bond donors (Lipinski definition) is 0. The zero-order valence-corrected chi connectivity index (χ0v) is 12.2. The van der Waals surface area contributed by atoms with Crippen LogP contribution < -0.4 is 0 Å². The molecule has 0 aliphatic carbocycles. The van der Waals surface area contributed by atoms with Crippen molar-refractivity contribution in [1.29, 1.82) is 0 Å². The Kier molecular flexibility index (Phi) is 4.64. The Morgan fingerprint density at radius 3 is 2.39 bits per heavy atom. The van der Waals surface area contributed by atoms with Gasteiger partial charge in [-0.25, -0.2) is 8.42 Å². The van der Waals surface area contributed by atoms with Crippen molar-refractivity contribution in [3.05, 3.63) is 0 Å². The summed E-state index contributed by atoms with van der Waals surface area (Å²) in [7, 11) is -1.14. The minimum Gasteiger partial charge on any atom is -0.385 e. The number of piperazine rings is 1. The number of nitrogens with zero attached hydrogens (tertiary/aromatic N) is 2. The number of likely N-dealkylation sites (N-methyl/N-ethyl adjacent to an activating group) is 1. The first-order chi connectivity index (χ1) is 8.57. The lowest BCUT2D eigenvalue weighted by molar-refractivity contribution is 0.0432. The summed E-state index contributed by atoms with van der Waals surface area (Å²) in [5.41, 5.74) is 0. The molecule has 0 N–H and O–H groups in total. The van der Waals surface area contributed by atoms with Crippen LogP contribution in [0.25, 0.3) is 0 Å². The second kappa shape index (κ2) is 5.86. The standard InChI is InChI=1S/C12H24N2O3S/c1-3-13-6-7-14(5-4-8-17-2)12-10-18(15,16)9-11(12)13/h11-12H,3-10H2,1-2H3/t11-,12+/m1/s1. The SMILES string of the molecule is CCN1CCN(CCCOC)[C@H]2CS(=O)(=O)C[C@H]21. The van der Waals surface area contributed by atoms with Crippen molar-refractivity contribution < 1.29 is 13.2 Å². The molecule has 0 aromatic carbocycles. The number of ether oxygens (including phenoxy) is 1. The Morgan fingerprint density at radius 2 is 1.78 bits per heavy atom. The molecule has 0 unspecified atom stereocenters. The molecular weight excluding hydrogens is 252 g/mol. The van der Waals surface area contributed by atoms with Crippen LogP contribution in [-0.4, -0.2) is 81.7 Å². The summed E-state index contributed by atoms with van der Waals surface area (Å²) in [6, 6.07) is 0.400. The van der Waals surface area contributed by atoms with E-state index in [4.69, 9.17) is 4.74 Å². The van der Waals surface area contributed by atoms with Crippen LogP contribution in [0.4, 0.5) is 0 Å². The lowest BCUT2D eigenvalue weighted by atomic mass is 10.0. The van der Waals surface area contributed by atoms with Gasteiger partial charge in [0.25, 0.3) is 0 Å². The van der Waals surface area contributed by atoms with Crippen molar-refractivity contribution in [3.63, 3.8) is 0 Å². The van der Waals surface area contributed by atoms with Crippen molar-refractivity contribution in [1.82, 2.24) is 9.80 Å². The Hall–Kier alpha value is -0.170. The van der Waals surface area contributed by atoms with Crippen molar-refractivity contribution >= 4 is 9.84 Å². The molecule has 2 saturated heterocycles. The van der Waals surface area contributed by atoms with Gasteiger partial charge in [-0.05, 0) is 13.0 Å². The molecule has 5 nitrogen and oxygen atoms in total. The fourth-order valence-electron chi connectivity index (χ4n) is 3.18. The molecule has 2 aliphatic rings. The molecule has 2 heterocycles. The average Bonchev–Trinajstić information content (AvgIpc) is 2.65. The van der Waals surface area contributed by atoms with E-state index in [1.54, 1.807) is 7.11 Å². The highest BCUT2D eigenvalue weighted by atomic mass is 32.2. The van der Waals surface area contributed by atoms with Crippen LogP contribution in [0.15, 0.2) is 0 Å². The summed E-state index contributed by atoms with van der Waals surface area (Å²) in [5.74, 6) is 0.674. The first-order valence-corrected chi connectivity index (χ1v) is 8.57. The predicted molar refractivity (Wildman–Crippen MR) is 71.5 cm³/mol. The molecule has 0 saturated carbocycles. The lowest BCUT2D eigenvalue weighted by Crippen LogP contribution is -2.59. The van der Waals surface area contributed by atoms with E-state index >= 15 is 0 Å². The summed E-state index contributed by atoms with van der Waals surface area (Å²) in [4.78, 5) is 4.67. The van der Waals surface area contributed by atoms with Gasteiger partial charge in [-0.2, -0.15) is 0 Å². The summed E-state index contributed by atoms with van der Waals surface area (Å²) in [6.07, 6.45) is 0.978. The Bertz CT molecular complexity index is 370. The van der Waals surface area contributed by atoms with Crippen molar-refractivity contribution in [2.45, 2.75) is 25.4 Å². The maximum absolute atomic E-state index is 11.9. The molecule has 106 valence electrons. The molecule has 2 atom stereocenters. The largest absolute Gasteiger partial charge is 0.385 e. The minimum atomic E-state index is -2.85. The minimum absolute atomic E-state index is 0.195.